The van der Waals surface area contributed by atoms with Crippen molar-refractivity contribution in [3.63, 3.8) is 0 Å². The van der Waals surface area contributed by atoms with E-state index in [1.807, 2.05) is 58.0 Å². The largest absolute Gasteiger partial charge is 0.463 e. The fourth-order valence-corrected chi connectivity index (χ4v) is 7.34. The van der Waals surface area contributed by atoms with E-state index >= 15 is 0 Å². The summed E-state index contributed by atoms with van der Waals surface area (Å²) in [5, 5.41) is 13.6. The Balaban J connectivity index is 1.69. The number of nitrogens with one attached hydrogen (secondary N) is 1. The molecule has 0 unspecified atom stereocenters. The maximum Gasteiger partial charge on any atom is 0.306 e. The van der Waals surface area contributed by atoms with Gasteiger partial charge in [0.05, 0.1) is 36.6 Å². The molecule has 3 aliphatic rings. The van der Waals surface area contributed by atoms with Crippen molar-refractivity contribution in [2.45, 2.75) is 95.7 Å². The number of nitrogens with zero attached hydrogens (tertiary/aromatic N) is 2. The predicted octanol–water partition coefficient (Wildman–Crippen LogP) is 3.56. The molecule has 3 fully saturated rings. The van der Waals surface area contributed by atoms with Gasteiger partial charge in [-0.25, -0.2) is 0 Å². The molecule has 0 aromatic heterocycles. The number of hydrogen-bond acceptors (Lipinski definition) is 7. The van der Waals surface area contributed by atoms with Crippen LogP contribution in [0.2, 0.25) is 0 Å². The molecule has 3 saturated heterocycles. The van der Waals surface area contributed by atoms with Crippen molar-refractivity contribution in [2.24, 2.45) is 17.8 Å². The fourth-order valence-electron chi connectivity index (χ4n) is 7.34. The van der Waals surface area contributed by atoms with Crippen LogP contribution in [-0.2, 0) is 28.7 Å². The number of likely N-dealkylation sites (tertiary alicyclic amines) is 1. The number of fused-ring (bicyclic) bond motifs is 1. The molecule has 1 spiro atoms. The van der Waals surface area contributed by atoms with Crippen molar-refractivity contribution in [3.8, 4) is 0 Å². The molecule has 0 saturated carbocycles. The summed E-state index contributed by atoms with van der Waals surface area (Å²) in [4.78, 5) is 58.7. The average molecular weight is 624 g/mol. The van der Waals surface area contributed by atoms with E-state index in [0.29, 0.717) is 32.2 Å². The minimum atomic E-state index is -1.20. The second kappa shape index (κ2) is 14.7. The Morgan fingerprint density at radius 3 is 2.51 bits per heavy atom. The van der Waals surface area contributed by atoms with Crippen molar-refractivity contribution in [3.05, 3.63) is 61.2 Å². The second-order valence-corrected chi connectivity index (χ2v) is 12.8. The monoisotopic (exact) mass is 623 g/mol. The number of esters is 1. The topological polar surface area (TPSA) is 125 Å². The van der Waals surface area contributed by atoms with Gasteiger partial charge in [-0.15, -0.1) is 13.2 Å². The molecule has 0 radical (unpaired) electrons. The molecule has 246 valence electrons. The van der Waals surface area contributed by atoms with E-state index in [1.54, 1.807) is 17.1 Å². The number of aliphatic hydroxyl groups excluding tert-OH is 1. The number of amides is 3. The van der Waals surface area contributed by atoms with Gasteiger partial charge in [0.15, 0.2) is 0 Å². The van der Waals surface area contributed by atoms with E-state index in [9.17, 15) is 24.3 Å². The second-order valence-electron chi connectivity index (χ2n) is 12.8. The van der Waals surface area contributed by atoms with Crippen molar-refractivity contribution < 1.29 is 33.8 Å². The highest BCUT2D eigenvalue weighted by Crippen LogP contribution is 2.59. The molecule has 8 atom stereocenters. The molecule has 2 bridgehead atoms. The zero-order valence-corrected chi connectivity index (χ0v) is 27.0. The van der Waals surface area contributed by atoms with Gasteiger partial charge in [0.2, 0.25) is 17.7 Å². The standard InChI is InChI=1S/C35H49N3O7/c1-7-10-16-28(40)44-21-25(24-14-12-11-13-15-24)36-32(41)29-27-17-18-35(45-27)30(29)33(42)38(26(20-39)23(6)9-3)31(35)34(43)37(19-8-2)22(4)5/h7-8,11-15,22-23,25-27,29-31,39H,1-2,9-10,16-21H2,3-6H3,(H,36,41)/t23-,25+,26-,27+,29-,30-,31+,35-/m0/s1. The summed E-state index contributed by atoms with van der Waals surface area (Å²) in [7, 11) is 0. The number of aliphatic hydroxyl groups is 1. The molecule has 1 aromatic carbocycles. The Labute approximate surface area is 266 Å². The van der Waals surface area contributed by atoms with E-state index in [1.165, 1.54) is 4.90 Å². The molecule has 2 N–H and O–H groups in total. The van der Waals surface area contributed by atoms with Gasteiger partial charge in [-0.05, 0) is 44.6 Å². The van der Waals surface area contributed by atoms with Crippen LogP contribution in [0.25, 0.3) is 0 Å². The third-order valence-corrected chi connectivity index (χ3v) is 9.83. The Bertz CT molecular complexity index is 1250. The lowest BCUT2D eigenvalue weighted by Crippen LogP contribution is -2.60. The number of carbonyl (C=O) groups excluding carboxylic acids is 4. The van der Waals surface area contributed by atoms with Gasteiger partial charge in [-0.3, -0.25) is 19.2 Å². The van der Waals surface area contributed by atoms with Gasteiger partial charge in [0, 0.05) is 19.0 Å². The van der Waals surface area contributed by atoms with Crippen molar-refractivity contribution in [1.82, 2.24) is 15.1 Å². The molecular weight excluding hydrogens is 574 g/mol. The summed E-state index contributed by atoms with van der Waals surface area (Å²) in [5.74, 6) is -3.24. The Hall–Kier alpha value is -3.50. The maximum absolute atomic E-state index is 14.5. The van der Waals surface area contributed by atoms with Crippen molar-refractivity contribution >= 4 is 23.7 Å². The van der Waals surface area contributed by atoms with Crippen LogP contribution in [0.3, 0.4) is 0 Å². The fraction of sp³-hybridized carbons (Fsp3) is 0.600. The first kappa shape index (κ1) is 34.4. The highest BCUT2D eigenvalue weighted by molar-refractivity contribution is 5.99. The zero-order valence-electron chi connectivity index (χ0n) is 27.0. The van der Waals surface area contributed by atoms with Crippen molar-refractivity contribution in [2.75, 3.05) is 19.8 Å². The number of allylic oxidation sites excluding steroid dienone is 1. The maximum atomic E-state index is 14.5. The molecule has 10 nitrogen and oxygen atoms in total. The SMILES string of the molecule is C=CCCC(=O)OC[C@@H](NC(=O)[C@@H]1[C@H]2C(=O)N([C@@H](CO)[C@@H](C)CC)[C@H](C(=O)N(CC=C)C(C)C)[C@]23CC[C@H]1O3)c1ccccc1. The van der Waals surface area contributed by atoms with Crippen LogP contribution in [0, 0.1) is 17.8 Å². The minimum absolute atomic E-state index is 0.0769. The third kappa shape index (κ3) is 6.58. The molecule has 3 amide bonds. The van der Waals surface area contributed by atoms with Crippen LogP contribution >= 0.6 is 0 Å². The lowest BCUT2D eigenvalue weighted by molar-refractivity contribution is -0.153. The van der Waals surface area contributed by atoms with Crippen LogP contribution in [0.15, 0.2) is 55.6 Å². The molecule has 3 aliphatic heterocycles. The summed E-state index contributed by atoms with van der Waals surface area (Å²) < 4.78 is 12.1. The van der Waals surface area contributed by atoms with Crippen LogP contribution in [0.4, 0.5) is 0 Å². The first-order valence-electron chi connectivity index (χ1n) is 16.2. The van der Waals surface area contributed by atoms with Crippen LogP contribution in [0.1, 0.15) is 71.4 Å². The third-order valence-electron chi connectivity index (χ3n) is 9.83. The van der Waals surface area contributed by atoms with Gasteiger partial charge in [-0.1, -0.05) is 62.8 Å². The molecule has 1 aromatic rings. The summed E-state index contributed by atoms with van der Waals surface area (Å²) in [6.07, 6.45) is 5.07. The van der Waals surface area contributed by atoms with Crippen molar-refractivity contribution in [1.29, 1.82) is 0 Å². The van der Waals surface area contributed by atoms with Crippen LogP contribution in [-0.4, -0.2) is 88.2 Å². The summed E-state index contributed by atoms with van der Waals surface area (Å²) in [5.41, 5.74) is -0.446. The lowest BCUT2D eigenvalue weighted by atomic mass is 9.70. The Morgan fingerprint density at radius 2 is 1.91 bits per heavy atom. The summed E-state index contributed by atoms with van der Waals surface area (Å²) in [6, 6.07) is 6.80. The summed E-state index contributed by atoms with van der Waals surface area (Å²) in [6.45, 7) is 15.1. The van der Waals surface area contributed by atoms with E-state index in [2.05, 4.69) is 18.5 Å². The van der Waals surface area contributed by atoms with E-state index in [4.69, 9.17) is 9.47 Å². The molecular formula is C35H49N3O7. The number of hydrogen-bond donors (Lipinski definition) is 2. The number of ether oxygens (including phenoxy) is 2. The van der Waals surface area contributed by atoms with Gasteiger partial charge in [-0.2, -0.15) is 0 Å². The smallest absolute Gasteiger partial charge is 0.306 e. The number of carbonyl (C=O) groups is 4. The molecule has 3 heterocycles. The predicted molar refractivity (Wildman–Crippen MR) is 170 cm³/mol. The van der Waals surface area contributed by atoms with Gasteiger partial charge in [0.25, 0.3) is 0 Å². The Morgan fingerprint density at radius 1 is 1.20 bits per heavy atom. The zero-order chi connectivity index (χ0) is 32.9. The normalized spacial score (nSPS) is 27.1. The highest BCUT2D eigenvalue weighted by atomic mass is 16.5. The quantitative estimate of drug-likeness (QED) is 0.213. The first-order valence-corrected chi connectivity index (χ1v) is 16.2. The molecule has 10 heteroatoms. The molecule has 4 rings (SSSR count). The minimum Gasteiger partial charge on any atom is -0.463 e. The van der Waals surface area contributed by atoms with E-state index < -0.39 is 47.6 Å². The lowest BCUT2D eigenvalue weighted by Gasteiger charge is -2.41. The molecule has 0 aliphatic carbocycles. The summed E-state index contributed by atoms with van der Waals surface area (Å²) >= 11 is 0. The number of benzene rings is 1. The van der Waals surface area contributed by atoms with Crippen LogP contribution in [0.5, 0.6) is 0 Å². The average Bonchev–Trinajstić information content (AvgIpc) is 3.68. The van der Waals surface area contributed by atoms with Gasteiger partial charge in [0.1, 0.15) is 18.2 Å². The van der Waals surface area contributed by atoms with Gasteiger partial charge >= 0.3 is 5.97 Å². The highest BCUT2D eigenvalue weighted by Gasteiger charge is 2.75. The van der Waals surface area contributed by atoms with Crippen LogP contribution < -0.4 is 5.32 Å². The van der Waals surface area contributed by atoms with E-state index in [0.717, 1.165) is 5.56 Å². The molecule has 45 heavy (non-hydrogen) atoms. The first-order chi connectivity index (χ1) is 21.6. The van der Waals surface area contributed by atoms with E-state index in [-0.39, 0.29) is 49.3 Å². The Kier molecular flexibility index (Phi) is 11.3. The van der Waals surface area contributed by atoms with Gasteiger partial charge < -0.3 is 29.7 Å². The number of rotatable bonds is 16.